The molecule has 1 fully saturated rings. The molecule has 1 aliphatic heterocycles. The Kier molecular flexibility index (Phi) is 12.9. The van der Waals surface area contributed by atoms with Crippen molar-refractivity contribution in [2.75, 3.05) is 20.0 Å². The van der Waals surface area contributed by atoms with Gasteiger partial charge in [-0.2, -0.15) is 0 Å². The van der Waals surface area contributed by atoms with Crippen LogP contribution in [0.2, 0.25) is 0 Å². The number of aromatic nitrogens is 1. The zero-order chi connectivity index (χ0) is 22.8. The van der Waals surface area contributed by atoms with Gasteiger partial charge in [0, 0.05) is 53.7 Å². The molecule has 3 aromatic rings. The van der Waals surface area contributed by atoms with Crippen LogP contribution in [-0.4, -0.2) is 31.4 Å². The van der Waals surface area contributed by atoms with Crippen molar-refractivity contribution in [1.82, 2.24) is 4.57 Å². The molecule has 4 rings (SSSR count). The van der Waals surface area contributed by atoms with Crippen molar-refractivity contribution in [2.45, 2.75) is 25.4 Å². The maximum atomic E-state index is 5.67. The number of nitrogens with two attached hydrogens (primary N) is 1. The van der Waals surface area contributed by atoms with Gasteiger partial charge in [0.1, 0.15) is 0 Å². The van der Waals surface area contributed by atoms with Crippen molar-refractivity contribution < 1.29 is 14.2 Å². The van der Waals surface area contributed by atoms with E-state index < -0.39 is 0 Å². The number of anilines is 1. The van der Waals surface area contributed by atoms with Crippen molar-refractivity contribution in [3.05, 3.63) is 75.2 Å². The predicted molar refractivity (Wildman–Crippen MR) is 159 cm³/mol. The fraction of sp³-hybridized carbons (Fsp3) is 0.273. The number of halogens is 4. The normalized spacial score (nSPS) is 17.4. The average molecular weight is 872 g/mol. The molecular weight excluding hydrogens is 848 g/mol. The number of nitrogens with zero attached hydrogens (tertiary/aromatic N) is 1. The number of hydrogen-bond donors (Lipinski definition) is 1. The molecule has 0 amide bonds. The predicted octanol–water partition coefficient (Wildman–Crippen LogP) is 6.91. The van der Waals surface area contributed by atoms with Crippen LogP contribution >= 0.6 is 90.4 Å². The highest BCUT2D eigenvalue weighted by molar-refractivity contribution is 14.1. The molecule has 2 atom stereocenters. The lowest BCUT2D eigenvalue weighted by atomic mass is 10.3. The van der Waals surface area contributed by atoms with E-state index in [1.54, 1.807) is 14.2 Å². The van der Waals surface area contributed by atoms with E-state index in [0.717, 1.165) is 25.7 Å². The van der Waals surface area contributed by atoms with Gasteiger partial charge < -0.3 is 24.5 Å². The molecule has 2 unspecified atom stereocenters. The summed E-state index contributed by atoms with van der Waals surface area (Å²) in [6.07, 6.45) is 5.92. The van der Waals surface area contributed by atoms with Crippen LogP contribution in [0.3, 0.4) is 0 Å². The van der Waals surface area contributed by atoms with Gasteiger partial charge in [0.05, 0.1) is 11.4 Å². The van der Waals surface area contributed by atoms with Crippen LogP contribution in [0.1, 0.15) is 12.8 Å². The standard InChI is InChI=1S/C10H7I2N.C6H5I2N.C6H12O3/c11-8-4-3-5-9(12)10(8)13-6-1-2-7-13;7-4-2-1-3-5(8)6(4)9;1-7-5-3-4-6(8-2)9-5/h1-7H;1-3H,9H2;5-6H,3-4H2,1-2H3. The molecular formula is C22H24I4N2O3. The minimum atomic E-state index is -0.0463. The zero-order valence-corrected chi connectivity index (χ0v) is 25.7. The molecule has 5 nitrogen and oxygen atoms in total. The summed E-state index contributed by atoms with van der Waals surface area (Å²) in [6, 6.07) is 16.4. The summed E-state index contributed by atoms with van der Waals surface area (Å²) in [5.41, 5.74) is 7.83. The highest BCUT2D eigenvalue weighted by Gasteiger charge is 2.23. The van der Waals surface area contributed by atoms with Gasteiger partial charge in [0.15, 0.2) is 12.6 Å². The van der Waals surface area contributed by atoms with Gasteiger partial charge in [-0.3, -0.25) is 0 Å². The summed E-state index contributed by atoms with van der Waals surface area (Å²) in [6.45, 7) is 0. The zero-order valence-electron chi connectivity index (χ0n) is 17.1. The minimum absolute atomic E-state index is 0.0463. The average Bonchev–Trinajstić information content (AvgIpc) is 3.45. The molecule has 31 heavy (non-hydrogen) atoms. The summed E-state index contributed by atoms with van der Waals surface area (Å²) in [5.74, 6) is 0. The quantitative estimate of drug-likeness (QED) is 0.230. The van der Waals surface area contributed by atoms with Crippen LogP contribution in [-0.2, 0) is 14.2 Å². The number of ether oxygens (including phenoxy) is 3. The third kappa shape index (κ3) is 8.88. The molecule has 1 saturated heterocycles. The van der Waals surface area contributed by atoms with Gasteiger partial charge in [-0.1, -0.05) is 12.1 Å². The Hall–Kier alpha value is 0.320. The first-order valence-electron chi connectivity index (χ1n) is 9.35. The summed E-state index contributed by atoms with van der Waals surface area (Å²) in [4.78, 5) is 0. The largest absolute Gasteiger partial charge is 0.397 e. The third-order valence-corrected chi connectivity index (χ3v) is 7.89. The van der Waals surface area contributed by atoms with E-state index in [1.807, 2.05) is 30.3 Å². The second-order valence-electron chi connectivity index (χ2n) is 6.34. The van der Waals surface area contributed by atoms with Crippen molar-refractivity contribution in [1.29, 1.82) is 0 Å². The summed E-state index contributed by atoms with van der Waals surface area (Å²) in [5, 5.41) is 0. The molecule has 0 bridgehead atoms. The van der Waals surface area contributed by atoms with E-state index in [-0.39, 0.29) is 12.6 Å². The molecule has 2 N–H and O–H groups in total. The Labute approximate surface area is 238 Å². The number of methoxy groups -OCH3 is 2. The van der Waals surface area contributed by atoms with Crippen LogP contribution in [0, 0.1) is 14.3 Å². The molecule has 0 aliphatic carbocycles. The molecule has 1 aromatic heterocycles. The molecule has 0 radical (unpaired) electrons. The summed E-state index contributed by atoms with van der Waals surface area (Å²) in [7, 11) is 3.28. The number of nitrogen functional groups attached to an aromatic ring is 1. The maximum Gasteiger partial charge on any atom is 0.160 e. The first-order chi connectivity index (χ1) is 14.9. The van der Waals surface area contributed by atoms with E-state index in [1.165, 1.54) is 12.8 Å². The van der Waals surface area contributed by atoms with E-state index in [9.17, 15) is 0 Å². The first-order valence-corrected chi connectivity index (χ1v) is 13.7. The van der Waals surface area contributed by atoms with Gasteiger partial charge in [-0.15, -0.1) is 0 Å². The first kappa shape index (κ1) is 27.6. The minimum Gasteiger partial charge on any atom is -0.397 e. The lowest BCUT2D eigenvalue weighted by Crippen LogP contribution is -2.13. The van der Waals surface area contributed by atoms with Crippen molar-refractivity contribution in [2.24, 2.45) is 0 Å². The SMILES string of the molecule is COC1CCC(OC)O1.Ic1cccc(I)c1-n1cccc1.Nc1c(I)cccc1I. The Morgan fingerprint density at radius 3 is 1.55 bits per heavy atom. The van der Waals surface area contributed by atoms with Gasteiger partial charge in [0.25, 0.3) is 0 Å². The monoisotopic (exact) mass is 872 g/mol. The van der Waals surface area contributed by atoms with E-state index in [2.05, 4.69) is 126 Å². The fourth-order valence-electron chi connectivity index (χ4n) is 2.65. The van der Waals surface area contributed by atoms with Crippen molar-refractivity contribution >= 4 is 96.1 Å². The molecule has 2 aromatic carbocycles. The molecule has 1 aliphatic rings. The van der Waals surface area contributed by atoms with Crippen LogP contribution in [0.15, 0.2) is 60.9 Å². The molecule has 0 saturated carbocycles. The Balaban J connectivity index is 0.000000170. The number of benzene rings is 2. The van der Waals surface area contributed by atoms with E-state index >= 15 is 0 Å². The van der Waals surface area contributed by atoms with E-state index in [4.69, 9.17) is 19.9 Å². The topological polar surface area (TPSA) is 58.6 Å². The van der Waals surface area contributed by atoms with Crippen molar-refractivity contribution in [3.8, 4) is 5.69 Å². The maximum absolute atomic E-state index is 5.67. The van der Waals surface area contributed by atoms with Crippen LogP contribution in [0.4, 0.5) is 5.69 Å². The van der Waals surface area contributed by atoms with Gasteiger partial charge in [0.2, 0.25) is 0 Å². The number of hydrogen-bond acceptors (Lipinski definition) is 4. The Bertz CT molecular complexity index is 888. The van der Waals surface area contributed by atoms with E-state index in [0.29, 0.717) is 0 Å². The Morgan fingerprint density at radius 1 is 0.774 bits per heavy atom. The molecule has 0 spiro atoms. The smallest absolute Gasteiger partial charge is 0.160 e. The summed E-state index contributed by atoms with van der Waals surface area (Å²) >= 11 is 9.16. The van der Waals surface area contributed by atoms with Crippen molar-refractivity contribution in [3.63, 3.8) is 0 Å². The molecule has 9 heteroatoms. The van der Waals surface area contributed by atoms with Gasteiger partial charge in [-0.05, 0) is 127 Å². The van der Waals surface area contributed by atoms with Crippen LogP contribution in [0.25, 0.3) is 5.69 Å². The second-order valence-corrected chi connectivity index (χ2v) is 11.0. The highest BCUT2D eigenvalue weighted by atomic mass is 127. The fourth-order valence-corrected chi connectivity index (χ4v) is 6.24. The number of rotatable bonds is 3. The van der Waals surface area contributed by atoms with Gasteiger partial charge in [-0.25, -0.2) is 0 Å². The second kappa shape index (κ2) is 14.6. The Morgan fingerprint density at radius 2 is 1.19 bits per heavy atom. The molecule has 168 valence electrons. The number of para-hydroxylation sites is 2. The lowest BCUT2D eigenvalue weighted by molar-refractivity contribution is -0.185. The highest BCUT2D eigenvalue weighted by Crippen LogP contribution is 2.23. The van der Waals surface area contributed by atoms with Crippen LogP contribution in [0.5, 0.6) is 0 Å². The van der Waals surface area contributed by atoms with Gasteiger partial charge >= 0.3 is 0 Å². The molecule has 2 heterocycles. The lowest BCUT2D eigenvalue weighted by Gasteiger charge is -2.09. The summed E-state index contributed by atoms with van der Waals surface area (Å²) < 4.78 is 22.0. The third-order valence-electron chi connectivity index (χ3n) is 4.27. The van der Waals surface area contributed by atoms with Crippen LogP contribution < -0.4 is 5.73 Å².